The third-order valence-corrected chi connectivity index (χ3v) is 4.07. The first-order chi connectivity index (χ1) is 9.51. The molecule has 1 aromatic carbocycles. The normalized spacial score (nSPS) is 23.8. The third-order valence-electron chi connectivity index (χ3n) is 4.07. The average molecular weight is 283 g/mol. The lowest BCUT2D eigenvalue weighted by Crippen LogP contribution is -2.46. The molecular formula is C15H19F2NO2. The summed E-state index contributed by atoms with van der Waals surface area (Å²) in [5.74, 6) is -1.70. The number of carboxylic acids is 1. The predicted molar refractivity (Wildman–Crippen MR) is 71.2 cm³/mol. The molecule has 110 valence electrons. The number of carboxylic acid groups (broad SMARTS) is 1. The van der Waals surface area contributed by atoms with Crippen molar-refractivity contribution in [2.75, 3.05) is 6.54 Å². The summed E-state index contributed by atoms with van der Waals surface area (Å²) in [5.41, 5.74) is 0.340. The molecule has 1 N–H and O–H groups in total. The second kappa shape index (κ2) is 6.31. The number of rotatable bonds is 4. The molecule has 1 aliphatic rings. The summed E-state index contributed by atoms with van der Waals surface area (Å²) in [6.07, 6.45) is 2.47. The van der Waals surface area contributed by atoms with E-state index in [-0.39, 0.29) is 6.54 Å². The number of carbonyl (C=O) groups is 1. The van der Waals surface area contributed by atoms with Gasteiger partial charge >= 0.3 is 5.97 Å². The van der Waals surface area contributed by atoms with Gasteiger partial charge in [0, 0.05) is 18.2 Å². The average Bonchev–Trinajstić information content (AvgIpc) is 2.42. The van der Waals surface area contributed by atoms with Gasteiger partial charge < -0.3 is 5.11 Å². The maximum atomic E-state index is 13.7. The summed E-state index contributed by atoms with van der Waals surface area (Å²) in [5, 5.41) is 9.32. The van der Waals surface area contributed by atoms with Crippen LogP contribution in [0.25, 0.3) is 0 Å². The van der Waals surface area contributed by atoms with Crippen LogP contribution in [0.1, 0.15) is 31.7 Å². The van der Waals surface area contributed by atoms with Gasteiger partial charge in [-0.05, 0) is 31.4 Å². The quantitative estimate of drug-likeness (QED) is 0.923. The maximum absolute atomic E-state index is 13.7. The number of likely N-dealkylation sites (tertiary alicyclic amines) is 1. The smallest absolute Gasteiger partial charge is 0.320 e. The molecule has 0 radical (unpaired) electrons. The fourth-order valence-electron chi connectivity index (χ4n) is 2.77. The van der Waals surface area contributed by atoms with E-state index >= 15 is 0 Å². The van der Waals surface area contributed by atoms with E-state index in [1.807, 2.05) is 0 Å². The molecule has 2 atom stereocenters. The first-order valence-corrected chi connectivity index (χ1v) is 6.92. The van der Waals surface area contributed by atoms with E-state index in [2.05, 4.69) is 6.92 Å². The molecule has 0 saturated carbocycles. The minimum Gasteiger partial charge on any atom is -0.480 e. The van der Waals surface area contributed by atoms with Gasteiger partial charge in [-0.15, -0.1) is 0 Å². The van der Waals surface area contributed by atoms with Crippen LogP contribution in [0, 0.1) is 17.6 Å². The van der Waals surface area contributed by atoms with E-state index < -0.39 is 23.6 Å². The van der Waals surface area contributed by atoms with Crippen molar-refractivity contribution in [2.24, 2.45) is 5.92 Å². The number of benzene rings is 1. The molecule has 0 aliphatic carbocycles. The molecule has 5 heteroatoms. The number of hydrogen-bond acceptors (Lipinski definition) is 2. The van der Waals surface area contributed by atoms with Crippen molar-refractivity contribution in [3.05, 3.63) is 35.4 Å². The van der Waals surface area contributed by atoms with E-state index in [1.165, 1.54) is 12.1 Å². The lowest BCUT2D eigenvalue weighted by molar-refractivity contribution is -0.145. The molecule has 2 rings (SSSR count). The first kappa shape index (κ1) is 14.9. The van der Waals surface area contributed by atoms with Crippen LogP contribution in [0.3, 0.4) is 0 Å². The van der Waals surface area contributed by atoms with Gasteiger partial charge in [-0.1, -0.05) is 19.4 Å². The third kappa shape index (κ3) is 3.33. The molecular weight excluding hydrogens is 264 g/mol. The summed E-state index contributed by atoms with van der Waals surface area (Å²) in [6.45, 7) is 2.89. The van der Waals surface area contributed by atoms with E-state index in [0.29, 0.717) is 24.4 Å². The lowest BCUT2D eigenvalue weighted by Gasteiger charge is -2.37. The number of halogens is 2. The molecule has 1 aliphatic heterocycles. The maximum Gasteiger partial charge on any atom is 0.320 e. The zero-order valence-electron chi connectivity index (χ0n) is 11.5. The zero-order valence-corrected chi connectivity index (χ0v) is 11.5. The van der Waals surface area contributed by atoms with Crippen molar-refractivity contribution in [1.29, 1.82) is 0 Å². The fraction of sp³-hybridized carbons (Fsp3) is 0.533. The Hall–Kier alpha value is -1.49. The van der Waals surface area contributed by atoms with Crippen LogP contribution >= 0.6 is 0 Å². The van der Waals surface area contributed by atoms with Gasteiger partial charge in [-0.2, -0.15) is 0 Å². The van der Waals surface area contributed by atoms with Gasteiger partial charge in [0.1, 0.15) is 17.7 Å². The minimum absolute atomic E-state index is 0.208. The summed E-state index contributed by atoms with van der Waals surface area (Å²) in [6, 6.07) is 2.84. The van der Waals surface area contributed by atoms with Crippen molar-refractivity contribution < 1.29 is 18.7 Å². The topological polar surface area (TPSA) is 40.5 Å². The molecule has 2 unspecified atom stereocenters. The molecule has 0 spiro atoms. The summed E-state index contributed by atoms with van der Waals surface area (Å²) < 4.78 is 26.5. The Morgan fingerprint density at radius 1 is 1.45 bits per heavy atom. The molecule has 1 fully saturated rings. The first-order valence-electron chi connectivity index (χ1n) is 6.92. The van der Waals surface area contributed by atoms with Gasteiger partial charge in [0.2, 0.25) is 0 Å². The van der Waals surface area contributed by atoms with Crippen molar-refractivity contribution in [2.45, 2.75) is 38.8 Å². The van der Waals surface area contributed by atoms with Crippen LogP contribution in [-0.2, 0) is 11.3 Å². The molecule has 1 heterocycles. The number of nitrogens with zero attached hydrogens (tertiary/aromatic N) is 1. The predicted octanol–water partition coefficient (Wildman–Crippen LogP) is 3.04. The molecule has 20 heavy (non-hydrogen) atoms. The Kier molecular flexibility index (Phi) is 4.70. The molecule has 1 saturated heterocycles. The van der Waals surface area contributed by atoms with Crippen LogP contribution in [0.5, 0.6) is 0 Å². The Morgan fingerprint density at radius 3 is 2.80 bits per heavy atom. The fourth-order valence-corrected chi connectivity index (χ4v) is 2.77. The Balaban J connectivity index is 2.12. The zero-order chi connectivity index (χ0) is 14.7. The van der Waals surface area contributed by atoms with Crippen LogP contribution in [0.15, 0.2) is 18.2 Å². The van der Waals surface area contributed by atoms with Gasteiger partial charge in [-0.25, -0.2) is 8.78 Å². The van der Waals surface area contributed by atoms with Crippen molar-refractivity contribution in [1.82, 2.24) is 4.90 Å². The van der Waals surface area contributed by atoms with Gasteiger partial charge in [0.25, 0.3) is 0 Å². The second-order valence-corrected chi connectivity index (χ2v) is 5.36. The van der Waals surface area contributed by atoms with E-state index in [0.717, 1.165) is 18.9 Å². The van der Waals surface area contributed by atoms with Gasteiger partial charge in [0.05, 0.1) is 0 Å². The molecule has 3 nitrogen and oxygen atoms in total. The summed E-state index contributed by atoms with van der Waals surface area (Å²) in [4.78, 5) is 13.1. The Labute approximate surface area is 117 Å². The number of hydrogen-bond donors (Lipinski definition) is 1. The van der Waals surface area contributed by atoms with E-state index in [9.17, 15) is 18.7 Å². The van der Waals surface area contributed by atoms with Crippen molar-refractivity contribution in [3.8, 4) is 0 Å². The highest BCUT2D eigenvalue weighted by Crippen LogP contribution is 2.27. The summed E-state index contributed by atoms with van der Waals surface area (Å²) >= 11 is 0. The molecule has 1 aromatic rings. The van der Waals surface area contributed by atoms with Crippen LogP contribution in [0.2, 0.25) is 0 Å². The molecule has 0 amide bonds. The molecule has 0 bridgehead atoms. The van der Waals surface area contributed by atoms with Crippen LogP contribution in [-0.4, -0.2) is 28.6 Å². The SMILES string of the molecule is CCC1CCN(Cc2ccc(F)cc2F)C(C(=O)O)C1. The summed E-state index contributed by atoms with van der Waals surface area (Å²) in [7, 11) is 0. The van der Waals surface area contributed by atoms with Crippen molar-refractivity contribution in [3.63, 3.8) is 0 Å². The highest BCUT2D eigenvalue weighted by atomic mass is 19.1. The number of piperidine rings is 1. The number of aliphatic carboxylic acids is 1. The largest absolute Gasteiger partial charge is 0.480 e. The van der Waals surface area contributed by atoms with Crippen LogP contribution in [0.4, 0.5) is 8.78 Å². The van der Waals surface area contributed by atoms with Gasteiger partial charge in [-0.3, -0.25) is 9.69 Å². The lowest BCUT2D eigenvalue weighted by atomic mass is 9.88. The second-order valence-electron chi connectivity index (χ2n) is 5.36. The Morgan fingerprint density at radius 2 is 2.20 bits per heavy atom. The minimum atomic E-state index is -0.870. The van der Waals surface area contributed by atoms with E-state index in [1.54, 1.807) is 4.90 Å². The Bertz CT molecular complexity index is 493. The standard InChI is InChI=1S/C15H19F2NO2/c1-2-10-5-6-18(14(7-10)15(19)20)9-11-3-4-12(16)8-13(11)17/h3-4,8,10,14H,2,5-7,9H2,1H3,(H,19,20). The highest BCUT2D eigenvalue weighted by molar-refractivity contribution is 5.73. The van der Waals surface area contributed by atoms with Crippen molar-refractivity contribution >= 4 is 5.97 Å². The molecule has 0 aromatic heterocycles. The van der Waals surface area contributed by atoms with Gasteiger partial charge in [0.15, 0.2) is 0 Å². The highest BCUT2D eigenvalue weighted by Gasteiger charge is 2.32. The van der Waals surface area contributed by atoms with Crippen LogP contribution < -0.4 is 0 Å². The van der Waals surface area contributed by atoms with E-state index in [4.69, 9.17) is 0 Å². The monoisotopic (exact) mass is 283 g/mol.